The number of carbonyl (C=O) groups excluding carboxylic acids is 1. The minimum atomic E-state index is -0.144. The molecule has 2 aromatic rings. The molecule has 0 amide bonds. The van der Waals surface area contributed by atoms with Crippen LogP contribution in [0.15, 0.2) is 60.9 Å². The second-order valence-electron chi connectivity index (χ2n) is 8.19. The van der Waals surface area contributed by atoms with E-state index in [0.29, 0.717) is 11.8 Å². The maximum absolute atomic E-state index is 12.6. The molecule has 3 atom stereocenters. The molecule has 1 heterocycles. The molecule has 1 aromatic carbocycles. The molecule has 1 saturated carbocycles. The van der Waals surface area contributed by atoms with Crippen LogP contribution in [0.2, 0.25) is 0 Å². The van der Waals surface area contributed by atoms with Gasteiger partial charge in [-0.2, -0.15) is 4.57 Å². The first kappa shape index (κ1) is 21.4. The summed E-state index contributed by atoms with van der Waals surface area (Å²) in [6.07, 6.45) is 7.02. The number of aromatic nitrogens is 1. The Morgan fingerprint density at radius 1 is 1.07 bits per heavy atom. The topological polar surface area (TPSA) is 30.2 Å². The van der Waals surface area contributed by atoms with Gasteiger partial charge in [-0.1, -0.05) is 63.6 Å². The molecule has 0 unspecified atom stereocenters. The summed E-state index contributed by atoms with van der Waals surface area (Å²) in [5.74, 6) is 0.792. The number of carbonyl (C=O) groups is 1. The number of halogens is 1. The van der Waals surface area contributed by atoms with Crippen LogP contribution in [0.4, 0.5) is 0 Å². The van der Waals surface area contributed by atoms with Gasteiger partial charge < -0.3 is 17.1 Å². The molecule has 0 spiro atoms. The molecule has 1 fully saturated rings. The van der Waals surface area contributed by atoms with Crippen molar-refractivity contribution in [1.82, 2.24) is 0 Å². The zero-order chi connectivity index (χ0) is 18.6. The van der Waals surface area contributed by atoms with E-state index in [1.807, 2.05) is 35.2 Å². The van der Waals surface area contributed by atoms with Gasteiger partial charge in [0.05, 0.1) is 0 Å². The highest BCUT2D eigenvalue weighted by Crippen LogP contribution is 2.43. The average molecular weight is 388 g/mol. The molecule has 1 aliphatic carbocycles. The summed E-state index contributed by atoms with van der Waals surface area (Å²) in [6.45, 7) is 7.11. The Morgan fingerprint density at radius 2 is 1.70 bits per heavy atom. The van der Waals surface area contributed by atoms with Gasteiger partial charge in [-0.15, -0.1) is 0 Å². The smallest absolute Gasteiger partial charge is 0.372 e. The van der Waals surface area contributed by atoms with Crippen molar-refractivity contribution in [3.05, 3.63) is 66.5 Å². The van der Waals surface area contributed by atoms with E-state index >= 15 is 0 Å². The van der Waals surface area contributed by atoms with Crippen molar-refractivity contribution in [2.45, 2.75) is 58.1 Å². The summed E-state index contributed by atoms with van der Waals surface area (Å²) in [5.41, 5.74) is 1.30. The summed E-state index contributed by atoms with van der Waals surface area (Å²) in [4.78, 5) is 12.6. The minimum Gasteiger partial charge on any atom is -1.00 e. The molecule has 146 valence electrons. The maximum Gasteiger partial charge on any atom is 0.372 e. The first-order valence-electron chi connectivity index (χ1n) is 9.66. The number of hydrogen-bond donors (Lipinski definition) is 0. The van der Waals surface area contributed by atoms with Crippen molar-refractivity contribution in [2.75, 3.05) is 0 Å². The number of esters is 1. The fraction of sp³-hybridized carbons (Fsp3) is 0.478. The van der Waals surface area contributed by atoms with Crippen molar-refractivity contribution in [2.24, 2.45) is 11.8 Å². The van der Waals surface area contributed by atoms with E-state index < -0.39 is 0 Å². The van der Waals surface area contributed by atoms with E-state index in [-0.39, 0.29) is 36.4 Å². The van der Waals surface area contributed by atoms with Crippen molar-refractivity contribution in [3.63, 3.8) is 0 Å². The van der Waals surface area contributed by atoms with E-state index in [0.717, 1.165) is 12.8 Å². The number of benzene rings is 1. The van der Waals surface area contributed by atoms with Crippen LogP contribution in [0, 0.1) is 11.8 Å². The SMILES string of the molecule is C[C@@H]1CC[C@@H](C(C)(C)c2ccccc2)[C@H](OC(=O)C[n+]2ccccc2)C1.[Cl-]. The quantitative estimate of drug-likeness (QED) is 0.572. The van der Waals surface area contributed by atoms with Crippen LogP contribution in [0.25, 0.3) is 0 Å². The van der Waals surface area contributed by atoms with Crippen LogP contribution in [-0.2, 0) is 21.5 Å². The van der Waals surface area contributed by atoms with Gasteiger partial charge in [-0.3, -0.25) is 0 Å². The van der Waals surface area contributed by atoms with Crippen molar-refractivity contribution in [1.29, 1.82) is 0 Å². The summed E-state index contributed by atoms with van der Waals surface area (Å²) < 4.78 is 7.89. The van der Waals surface area contributed by atoms with Gasteiger partial charge in [0.25, 0.3) is 0 Å². The molecule has 0 N–H and O–H groups in total. The predicted molar refractivity (Wildman–Crippen MR) is 102 cm³/mol. The minimum absolute atomic E-state index is 0. The lowest BCUT2D eigenvalue weighted by atomic mass is 9.64. The summed E-state index contributed by atoms with van der Waals surface area (Å²) >= 11 is 0. The van der Waals surface area contributed by atoms with Gasteiger partial charge >= 0.3 is 5.97 Å². The third kappa shape index (κ3) is 5.32. The fourth-order valence-corrected chi connectivity index (χ4v) is 4.26. The Balaban J connectivity index is 0.00000261. The number of rotatable bonds is 5. The maximum atomic E-state index is 12.6. The van der Waals surface area contributed by atoms with Crippen LogP contribution in [0.3, 0.4) is 0 Å². The second kappa shape index (κ2) is 9.36. The fourth-order valence-electron chi connectivity index (χ4n) is 4.26. The molecular formula is C23H30ClNO2. The molecule has 4 heteroatoms. The molecule has 0 bridgehead atoms. The second-order valence-corrected chi connectivity index (χ2v) is 8.19. The van der Waals surface area contributed by atoms with E-state index in [1.165, 1.54) is 12.0 Å². The molecule has 1 aromatic heterocycles. The zero-order valence-electron chi connectivity index (χ0n) is 16.5. The van der Waals surface area contributed by atoms with Gasteiger partial charge in [0, 0.05) is 18.1 Å². The standard InChI is InChI=1S/C23H30NO2.ClH/c1-18-12-13-20(23(2,3)19-10-6-4-7-11-19)21(16-18)26-22(25)17-24-14-8-5-9-15-24;/h4-11,14-15,18,20-21H,12-13,16-17H2,1-3H3;1H/q+1;/p-1/t18-,20-,21-;/m1./s1. The van der Waals surface area contributed by atoms with E-state index in [2.05, 4.69) is 51.1 Å². The zero-order valence-corrected chi connectivity index (χ0v) is 17.2. The number of hydrogen-bond acceptors (Lipinski definition) is 2. The Hall–Kier alpha value is -1.87. The number of nitrogens with zero attached hydrogens (tertiary/aromatic N) is 1. The van der Waals surface area contributed by atoms with Gasteiger partial charge in [0.2, 0.25) is 6.54 Å². The third-order valence-corrected chi connectivity index (χ3v) is 5.87. The Morgan fingerprint density at radius 3 is 2.37 bits per heavy atom. The van der Waals surface area contributed by atoms with Crippen LogP contribution >= 0.6 is 0 Å². The first-order valence-corrected chi connectivity index (χ1v) is 9.66. The normalized spacial score (nSPS) is 22.6. The first-order chi connectivity index (χ1) is 12.5. The molecule has 27 heavy (non-hydrogen) atoms. The van der Waals surface area contributed by atoms with E-state index in [9.17, 15) is 4.79 Å². The third-order valence-electron chi connectivity index (χ3n) is 5.87. The highest BCUT2D eigenvalue weighted by Gasteiger charge is 2.42. The molecule has 0 saturated heterocycles. The van der Waals surface area contributed by atoms with Crippen molar-refractivity contribution < 1.29 is 26.5 Å². The lowest BCUT2D eigenvalue weighted by Gasteiger charge is -2.43. The molecule has 3 nitrogen and oxygen atoms in total. The molecule has 0 radical (unpaired) electrons. The van der Waals surface area contributed by atoms with Gasteiger partial charge in [-0.25, -0.2) is 4.79 Å². The Kier molecular flexibility index (Phi) is 7.43. The van der Waals surface area contributed by atoms with Crippen LogP contribution in [0.5, 0.6) is 0 Å². The monoisotopic (exact) mass is 387 g/mol. The van der Waals surface area contributed by atoms with Crippen LogP contribution < -0.4 is 17.0 Å². The molecule has 3 rings (SSSR count). The Bertz CT molecular complexity index is 718. The lowest BCUT2D eigenvalue weighted by Crippen LogP contribution is -3.00. The van der Waals surface area contributed by atoms with Gasteiger partial charge in [-0.05, 0) is 29.7 Å². The molecule has 0 aliphatic heterocycles. The lowest BCUT2D eigenvalue weighted by molar-refractivity contribution is -0.686. The summed E-state index contributed by atoms with van der Waals surface area (Å²) in [5, 5.41) is 0. The highest BCUT2D eigenvalue weighted by atomic mass is 35.5. The number of pyridine rings is 1. The number of ether oxygens (including phenoxy) is 1. The van der Waals surface area contributed by atoms with E-state index in [1.54, 1.807) is 0 Å². The predicted octanol–water partition coefficient (Wildman–Crippen LogP) is 1.30. The highest BCUT2D eigenvalue weighted by molar-refractivity contribution is 5.67. The van der Waals surface area contributed by atoms with E-state index in [4.69, 9.17) is 4.74 Å². The van der Waals surface area contributed by atoms with Crippen LogP contribution in [-0.4, -0.2) is 12.1 Å². The van der Waals surface area contributed by atoms with Gasteiger partial charge in [0.15, 0.2) is 12.4 Å². The summed E-state index contributed by atoms with van der Waals surface area (Å²) in [7, 11) is 0. The molecule has 1 aliphatic rings. The van der Waals surface area contributed by atoms with Crippen LogP contribution in [0.1, 0.15) is 45.6 Å². The van der Waals surface area contributed by atoms with Crippen molar-refractivity contribution in [3.8, 4) is 0 Å². The van der Waals surface area contributed by atoms with Gasteiger partial charge in [0.1, 0.15) is 6.10 Å². The van der Waals surface area contributed by atoms with Crippen molar-refractivity contribution >= 4 is 5.97 Å². The Labute approximate surface area is 169 Å². The summed E-state index contributed by atoms with van der Waals surface area (Å²) in [6, 6.07) is 16.4. The molecular weight excluding hydrogens is 358 g/mol. The largest absolute Gasteiger partial charge is 1.00 e. The average Bonchev–Trinajstić information content (AvgIpc) is 2.63.